The number of alkyl halides is 3. The van der Waals surface area contributed by atoms with E-state index in [9.17, 15) is 18.0 Å². The van der Waals surface area contributed by atoms with Crippen LogP contribution in [-0.4, -0.2) is 5.78 Å². The molecule has 19 heavy (non-hydrogen) atoms. The van der Waals surface area contributed by atoms with Crippen LogP contribution in [0.2, 0.25) is 0 Å². The lowest BCUT2D eigenvalue weighted by Crippen LogP contribution is -2.08. The van der Waals surface area contributed by atoms with Gasteiger partial charge in [-0.15, -0.1) is 11.3 Å². The highest BCUT2D eigenvalue weighted by Crippen LogP contribution is 2.31. The molecule has 1 heterocycles. The zero-order chi connectivity index (χ0) is 14.2. The monoisotopic (exact) mass is 348 g/mol. The van der Waals surface area contributed by atoms with Gasteiger partial charge in [-0.2, -0.15) is 13.2 Å². The van der Waals surface area contributed by atoms with Crippen molar-refractivity contribution in [2.75, 3.05) is 0 Å². The Morgan fingerprint density at radius 2 is 1.95 bits per heavy atom. The first-order chi connectivity index (χ1) is 8.79. The number of hydrogen-bond donors (Lipinski definition) is 0. The molecule has 0 aliphatic rings. The second kappa shape index (κ2) is 5.09. The Labute approximate surface area is 120 Å². The van der Waals surface area contributed by atoms with Crippen molar-refractivity contribution < 1.29 is 18.0 Å². The SMILES string of the molecule is Cc1cc(C(F)(F)F)ccc1C(=O)c1csc(Br)c1. The molecule has 0 radical (unpaired) electrons. The van der Waals surface area contributed by atoms with E-state index in [0.29, 0.717) is 16.7 Å². The van der Waals surface area contributed by atoms with Crippen molar-refractivity contribution >= 4 is 33.0 Å². The Kier molecular flexibility index (Phi) is 3.82. The summed E-state index contributed by atoms with van der Waals surface area (Å²) in [5.74, 6) is -0.270. The van der Waals surface area contributed by atoms with E-state index in [0.717, 1.165) is 15.9 Å². The van der Waals surface area contributed by atoms with Crippen molar-refractivity contribution in [1.29, 1.82) is 0 Å². The zero-order valence-electron chi connectivity index (χ0n) is 9.72. The van der Waals surface area contributed by atoms with Gasteiger partial charge in [0, 0.05) is 16.5 Å². The zero-order valence-corrected chi connectivity index (χ0v) is 12.1. The lowest BCUT2D eigenvalue weighted by molar-refractivity contribution is -0.137. The Bertz CT molecular complexity index is 631. The van der Waals surface area contributed by atoms with Crippen LogP contribution in [0.15, 0.2) is 33.4 Å². The van der Waals surface area contributed by atoms with Crippen molar-refractivity contribution in [3.8, 4) is 0 Å². The molecule has 0 spiro atoms. The van der Waals surface area contributed by atoms with Crippen LogP contribution in [0.4, 0.5) is 13.2 Å². The summed E-state index contributed by atoms with van der Waals surface area (Å²) < 4.78 is 38.4. The highest BCUT2D eigenvalue weighted by Gasteiger charge is 2.31. The first-order valence-electron chi connectivity index (χ1n) is 5.25. The predicted molar refractivity (Wildman–Crippen MR) is 71.6 cm³/mol. The van der Waals surface area contributed by atoms with Crippen molar-refractivity contribution in [2.24, 2.45) is 0 Å². The number of carbonyl (C=O) groups excluding carboxylic acids is 1. The van der Waals surface area contributed by atoms with Crippen LogP contribution in [0.3, 0.4) is 0 Å². The van der Waals surface area contributed by atoms with E-state index >= 15 is 0 Å². The first-order valence-corrected chi connectivity index (χ1v) is 6.93. The average Bonchev–Trinajstić information content (AvgIpc) is 2.73. The summed E-state index contributed by atoms with van der Waals surface area (Å²) in [6.45, 7) is 1.50. The van der Waals surface area contributed by atoms with E-state index in [4.69, 9.17) is 0 Å². The third-order valence-electron chi connectivity index (χ3n) is 2.63. The van der Waals surface area contributed by atoms with E-state index in [1.807, 2.05) is 0 Å². The fourth-order valence-corrected chi connectivity index (χ4v) is 2.82. The number of ketones is 1. The molecule has 0 aliphatic heterocycles. The molecule has 2 rings (SSSR count). The summed E-state index contributed by atoms with van der Waals surface area (Å²) in [6.07, 6.45) is -4.39. The molecule has 100 valence electrons. The van der Waals surface area contributed by atoms with Gasteiger partial charge in [-0.1, -0.05) is 6.07 Å². The van der Waals surface area contributed by atoms with Gasteiger partial charge in [-0.25, -0.2) is 0 Å². The van der Waals surface area contributed by atoms with Gasteiger partial charge in [0.05, 0.1) is 9.35 Å². The number of halogens is 4. The van der Waals surface area contributed by atoms with Gasteiger partial charge < -0.3 is 0 Å². The van der Waals surface area contributed by atoms with Crippen LogP contribution in [0, 0.1) is 6.92 Å². The second-order valence-electron chi connectivity index (χ2n) is 4.00. The van der Waals surface area contributed by atoms with E-state index in [-0.39, 0.29) is 5.78 Å². The number of aryl methyl sites for hydroxylation is 1. The Balaban J connectivity index is 2.39. The molecule has 1 nitrogen and oxygen atoms in total. The maximum absolute atomic E-state index is 12.5. The van der Waals surface area contributed by atoms with Crippen molar-refractivity contribution in [3.63, 3.8) is 0 Å². The second-order valence-corrected chi connectivity index (χ2v) is 6.29. The van der Waals surface area contributed by atoms with Crippen LogP contribution in [-0.2, 0) is 6.18 Å². The molecule has 0 unspecified atom stereocenters. The molecule has 0 bridgehead atoms. The summed E-state index contributed by atoms with van der Waals surface area (Å²) in [4.78, 5) is 12.1. The fraction of sp³-hybridized carbons (Fsp3) is 0.154. The molecule has 6 heteroatoms. The topological polar surface area (TPSA) is 17.1 Å². The molecule has 1 aromatic carbocycles. The van der Waals surface area contributed by atoms with Crippen LogP contribution in [0.1, 0.15) is 27.0 Å². The molecular formula is C13H8BrF3OS. The van der Waals surface area contributed by atoms with Crippen molar-refractivity contribution in [3.05, 3.63) is 55.7 Å². The number of thiophene rings is 1. The quantitative estimate of drug-likeness (QED) is 0.692. The van der Waals surface area contributed by atoms with Crippen LogP contribution < -0.4 is 0 Å². The van der Waals surface area contributed by atoms with Gasteiger partial charge in [0.25, 0.3) is 0 Å². The maximum Gasteiger partial charge on any atom is 0.416 e. The van der Waals surface area contributed by atoms with Crippen molar-refractivity contribution in [2.45, 2.75) is 13.1 Å². The minimum Gasteiger partial charge on any atom is -0.289 e. The third kappa shape index (κ3) is 3.06. The molecule has 0 N–H and O–H groups in total. The molecule has 0 amide bonds. The Morgan fingerprint density at radius 3 is 2.42 bits per heavy atom. The third-order valence-corrected chi connectivity index (χ3v) is 4.13. The van der Waals surface area contributed by atoms with Gasteiger partial charge >= 0.3 is 6.18 Å². The van der Waals surface area contributed by atoms with Crippen LogP contribution in [0.25, 0.3) is 0 Å². The van der Waals surface area contributed by atoms with E-state index in [2.05, 4.69) is 15.9 Å². The number of rotatable bonds is 2. The van der Waals surface area contributed by atoms with Crippen LogP contribution >= 0.6 is 27.3 Å². The number of hydrogen-bond acceptors (Lipinski definition) is 2. The van der Waals surface area contributed by atoms with Crippen molar-refractivity contribution in [1.82, 2.24) is 0 Å². The van der Waals surface area contributed by atoms with Gasteiger partial charge in [0.2, 0.25) is 0 Å². The normalized spacial score (nSPS) is 11.6. The molecular weight excluding hydrogens is 341 g/mol. The summed E-state index contributed by atoms with van der Waals surface area (Å²) in [5.41, 5.74) is 0.341. The van der Waals surface area contributed by atoms with E-state index < -0.39 is 11.7 Å². The Morgan fingerprint density at radius 1 is 1.26 bits per heavy atom. The lowest BCUT2D eigenvalue weighted by atomic mass is 9.99. The molecule has 2 aromatic rings. The summed E-state index contributed by atoms with van der Waals surface area (Å²) in [7, 11) is 0. The van der Waals surface area contributed by atoms with Crippen LogP contribution in [0.5, 0.6) is 0 Å². The van der Waals surface area contributed by atoms with Gasteiger partial charge in [-0.3, -0.25) is 4.79 Å². The van der Waals surface area contributed by atoms with E-state index in [1.165, 1.54) is 24.3 Å². The lowest BCUT2D eigenvalue weighted by Gasteiger charge is -2.10. The summed E-state index contributed by atoms with van der Waals surface area (Å²) in [6, 6.07) is 4.81. The standard InChI is InChI=1S/C13H8BrF3OS/c1-7-4-9(13(15,16)17)2-3-10(7)12(18)8-5-11(14)19-6-8/h2-6H,1H3. The highest BCUT2D eigenvalue weighted by atomic mass is 79.9. The predicted octanol–water partition coefficient (Wildman–Crippen LogP) is 5.07. The highest BCUT2D eigenvalue weighted by molar-refractivity contribution is 9.11. The first kappa shape index (κ1) is 14.3. The molecule has 0 fully saturated rings. The molecule has 0 saturated heterocycles. The minimum absolute atomic E-state index is 0.270. The molecule has 0 saturated carbocycles. The molecule has 1 aromatic heterocycles. The average molecular weight is 349 g/mol. The van der Waals surface area contributed by atoms with Gasteiger partial charge in [-0.05, 0) is 46.6 Å². The smallest absolute Gasteiger partial charge is 0.289 e. The summed E-state index contributed by atoms with van der Waals surface area (Å²) >= 11 is 4.60. The largest absolute Gasteiger partial charge is 0.416 e. The fourth-order valence-electron chi connectivity index (χ4n) is 1.68. The minimum atomic E-state index is -4.39. The van der Waals surface area contributed by atoms with E-state index in [1.54, 1.807) is 11.4 Å². The Hall–Kier alpha value is -1.14. The van der Waals surface area contributed by atoms with Gasteiger partial charge in [0.15, 0.2) is 5.78 Å². The number of benzene rings is 1. The van der Waals surface area contributed by atoms with Gasteiger partial charge in [0.1, 0.15) is 0 Å². The summed E-state index contributed by atoms with van der Waals surface area (Å²) in [5, 5.41) is 1.67. The maximum atomic E-state index is 12.5. The molecule has 0 atom stereocenters. The molecule has 0 aliphatic carbocycles. The number of carbonyl (C=O) groups is 1.